The van der Waals surface area contributed by atoms with Crippen molar-refractivity contribution in [3.05, 3.63) is 29.3 Å². The molecule has 0 saturated carbocycles. The Hall–Kier alpha value is -1.51. The molecule has 0 fully saturated rings. The lowest BCUT2D eigenvalue weighted by Gasteiger charge is -2.32. The van der Waals surface area contributed by atoms with E-state index in [1.807, 2.05) is 12.1 Å². The first-order valence-electron chi connectivity index (χ1n) is 6.22. The molecule has 0 aromatic heterocycles. The molecule has 1 aliphatic carbocycles. The van der Waals surface area contributed by atoms with Crippen LogP contribution in [0.3, 0.4) is 0 Å². The van der Waals surface area contributed by atoms with E-state index in [4.69, 9.17) is 10.8 Å². The quantitative estimate of drug-likeness (QED) is 0.789. The largest absolute Gasteiger partial charge is 0.481 e. The molecule has 3 N–H and O–H groups in total. The predicted molar refractivity (Wildman–Crippen MR) is 68.0 cm³/mol. The summed E-state index contributed by atoms with van der Waals surface area (Å²) in [5.41, 5.74) is 9.21. The van der Waals surface area contributed by atoms with Crippen LogP contribution in [0.1, 0.15) is 43.2 Å². The summed E-state index contributed by atoms with van der Waals surface area (Å²) >= 11 is 0. The zero-order valence-electron chi connectivity index (χ0n) is 10.1. The molecule has 2 rings (SSSR count). The van der Waals surface area contributed by atoms with E-state index in [9.17, 15) is 4.79 Å². The normalized spacial score (nSPS) is 23.1. The zero-order valence-corrected chi connectivity index (χ0v) is 10.1. The molecule has 2 unspecified atom stereocenters. The van der Waals surface area contributed by atoms with Crippen molar-refractivity contribution in [1.82, 2.24) is 0 Å². The number of hydrogen-bond donors (Lipinski definition) is 2. The van der Waals surface area contributed by atoms with Gasteiger partial charge in [0.2, 0.25) is 0 Å². The van der Waals surface area contributed by atoms with Crippen molar-refractivity contribution in [1.29, 1.82) is 0 Å². The van der Waals surface area contributed by atoms with E-state index < -0.39 is 5.97 Å². The van der Waals surface area contributed by atoms with E-state index in [1.54, 1.807) is 0 Å². The van der Waals surface area contributed by atoms with Gasteiger partial charge in [-0.3, -0.25) is 4.79 Å². The van der Waals surface area contributed by atoms with E-state index in [0.29, 0.717) is 5.92 Å². The summed E-state index contributed by atoms with van der Waals surface area (Å²) in [7, 11) is 0. The highest BCUT2D eigenvalue weighted by Gasteiger charge is 2.29. The van der Waals surface area contributed by atoms with Crippen LogP contribution in [0.25, 0.3) is 0 Å². The first kappa shape index (κ1) is 12.0. The summed E-state index contributed by atoms with van der Waals surface area (Å²) in [5, 5.41) is 8.96. The fourth-order valence-electron chi connectivity index (χ4n) is 3.00. The van der Waals surface area contributed by atoms with E-state index in [-0.39, 0.29) is 12.3 Å². The van der Waals surface area contributed by atoms with Crippen molar-refractivity contribution in [2.24, 2.45) is 5.92 Å². The maximum Gasteiger partial charge on any atom is 0.303 e. The Morgan fingerprint density at radius 1 is 1.53 bits per heavy atom. The van der Waals surface area contributed by atoms with Gasteiger partial charge in [0.25, 0.3) is 0 Å². The third-order valence-corrected chi connectivity index (χ3v) is 3.80. The number of carbonyl (C=O) groups is 1. The molecule has 0 amide bonds. The molecular weight excluding hydrogens is 214 g/mol. The van der Waals surface area contributed by atoms with Gasteiger partial charge in [0.15, 0.2) is 0 Å². The molecule has 0 saturated heterocycles. The lowest BCUT2D eigenvalue weighted by molar-refractivity contribution is -0.138. The van der Waals surface area contributed by atoms with Gasteiger partial charge in [-0.25, -0.2) is 0 Å². The lowest BCUT2D eigenvalue weighted by atomic mass is 9.72. The van der Waals surface area contributed by atoms with Crippen molar-refractivity contribution in [3.63, 3.8) is 0 Å². The smallest absolute Gasteiger partial charge is 0.303 e. The molecule has 2 atom stereocenters. The Morgan fingerprint density at radius 3 is 2.94 bits per heavy atom. The fraction of sp³-hybridized carbons (Fsp3) is 0.500. The molecule has 1 aromatic rings. The number of aliphatic carboxylic acids is 1. The van der Waals surface area contributed by atoms with Crippen LogP contribution in [-0.2, 0) is 11.2 Å². The number of carboxylic acids is 1. The van der Waals surface area contributed by atoms with Crippen LogP contribution in [-0.4, -0.2) is 11.1 Å². The molecule has 0 bridgehead atoms. The predicted octanol–water partition coefficient (Wildman–Crippen LogP) is 2.80. The highest BCUT2D eigenvalue weighted by atomic mass is 16.4. The van der Waals surface area contributed by atoms with Crippen LogP contribution < -0.4 is 5.73 Å². The summed E-state index contributed by atoms with van der Waals surface area (Å²) in [5.74, 6) is -0.0917. The summed E-state index contributed by atoms with van der Waals surface area (Å²) in [4.78, 5) is 10.9. The van der Waals surface area contributed by atoms with Crippen LogP contribution in [0.2, 0.25) is 0 Å². The molecule has 0 spiro atoms. The molecule has 0 aliphatic heterocycles. The Labute approximate surface area is 102 Å². The SMILES string of the molecule is CCC1c2cc(N)ccc2CCC1CC(=O)O. The molecule has 3 heteroatoms. The van der Waals surface area contributed by atoms with Gasteiger partial charge in [-0.2, -0.15) is 0 Å². The second kappa shape index (κ2) is 4.78. The van der Waals surface area contributed by atoms with Crippen LogP contribution in [0.4, 0.5) is 5.69 Å². The third-order valence-electron chi connectivity index (χ3n) is 3.80. The first-order valence-corrected chi connectivity index (χ1v) is 6.22. The highest BCUT2D eigenvalue weighted by molar-refractivity contribution is 5.67. The van der Waals surface area contributed by atoms with E-state index >= 15 is 0 Å². The van der Waals surface area contributed by atoms with Crippen molar-refractivity contribution in [2.45, 2.75) is 38.5 Å². The van der Waals surface area contributed by atoms with Crippen LogP contribution in [0, 0.1) is 5.92 Å². The lowest BCUT2D eigenvalue weighted by Crippen LogP contribution is -2.23. The molecule has 0 heterocycles. The number of nitrogen functional groups attached to an aromatic ring is 1. The number of fused-ring (bicyclic) bond motifs is 1. The van der Waals surface area contributed by atoms with Gasteiger partial charge in [0.05, 0.1) is 0 Å². The number of benzene rings is 1. The Kier molecular flexibility index (Phi) is 3.36. The molecular formula is C14H19NO2. The summed E-state index contributed by atoms with van der Waals surface area (Å²) in [6.07, 6.45) is 3.20. The van der Waals surface area contributed by atoms with Gasteiger partial charge in [-0.1, -0.05) is 13.0 Å². The molecule has 17 heavy (non-hydrogen) atoms. The summed E-state index contributed by atoms with van der Waals surface area (Å²) in [6.45, 7) is 2.12. The maximum absolute atomic E-state index is 10.9. The topological polar surface area (TPSA) is 63.3 Å². The maximum atomic E-state index is 10.9. The van der Waals surface area contributed by atoms with Gasteiger partial charge >= 0.3 is 5.97 Å². The van der Waals surface area contributed by atoms with E-state index in [1.165, 1.54) is 11.1 Å². The summed E-state index contributed by atoms with van der Waals surface area (Å²) < 4.78 is 0. The first-order chi connectivity index (χ1) is 8.11. The van der Waals surface area contributed by atoms with E-state index in [2.05, 4.69) is 13.0 Å². The Bertz CT molecular complexity index is 428. The summed E-state index contributed by atoms with van der Waals surface area (Å²) in [6, 6.07) is 6.05. The van der Waals surface area contributed by atoms with Gasteiger partial charge in [0.1, 0.15) is 0 Å². The average Bonchev–Trinajstić information content (AvgIpc) is 2.28. The van der Waals surface area contributed by atoms with Crippen molar-refractivity contribution in [3.8, 4) is 0 Å². The molecule has 0 radical (unpaired) electrons. The average molecular weight is 233 g/mol. The van der Waals surface area contributed by atoms with Gasteiger partial charge in [-0.15, -0.1) is 0 Å². The van der Waals surface area contributed by atoms with Gasteiger partial charge in [0, 0.05) is 12.1 Å². The number of hydrogen-bond acceptors (Lipinski definition) is 2. The minimum atomic E-state index is -0.694. The monoisotopic (exact) mass is 233 g/mol. The van der Waals surface area contributed by atoms with Gasteiger partial charge < -0.3 is 10.8 Å². The Balaban J connectivity index is 2.31. The van der Waals surface area contributed by atoms with Gasteiger partial charge in [-0.05, 0) is 54.4 Å². The minimum absolute atomic E-state index is 0.256. The van der Waals surface area contributed by atoms with Crippen molar-refractivity contribution < 1.29 is 9.90 Å². The van der Waals surface area contributed by atoms with Crippen molar-refractivity contribution >= 4 is 11.7 Å². The second-order valence-corrected chi connectivity index (χ2v) is 4.87. The number of aryl methyl sites for hydroxylation is 1. The molecule has 1 aromatic carbocycles. The fourth-order valence-corrected chi connectivity index (χ4v) is 3.00. The second-order valence-electron chi connectivity index (χ2n) is 4.87. The van der Waals surface area contributed by atoms with Crippen LogP contribution in [0.5, 0.6) is 0 Å². The van der Waals surface area contributed by atoms with Crippen LogP contribution in [0.15, 0.2) is 18.2 Å². The number of rotatable bonds is 3. The Morgan fingerprint density at radius 2 is 2.29 bits per heavy atom. The molecule has 1 aliphatic rings. The highest BCUT2D eigenvalue weighted by Crippen LogP contribution is 2.40. The molecule has 92 valence electrons. The third kappa shape index (κ3) is 2.43. The zero-order chi connectivity index (χ0) is 12.4. The minimum Gasteiger partial charge on any atom is -0.481 e. The van der Waals surface area contributed by atoms with E-state index in [0.717, 1.165) is 24.9 Å². The molecule has 3 nitrogen and oxygen atoms in total. The number of carboxylic acid groups (broad SMARTS) is 1. The number of anilines is 1. The number of nitrogens with two attached hydrogens (primary N) is 1. The van der Waals surface area contributed by atoms with Crippen molar-refractivity contribution in [2.75, 3.05) is 5.73 Å². The van der Waals surface area contributed by atoms with Crippen LogP contribution >= 0.6 is 0 Å². The standard InChI is InChI=1S/C14H19NO2/c1-2-12-10(7-14(16)17)4-3-9-5-6-11(15)8-13(9)12/h5-6,8,10,12H,2-4,7,15H2,1H3,(H,16,17).